The molecule has 6 nitrogen and oxygen atoms in total. The fraction of sp³-hybridized carbons (Fsp3) is 0.348. The highest BCUT2D eigenvalue weighted by Crippen LogP contribution is 2.23. The number of para-hydroxylation sites is 2. The van der Waals surface area contributed by atoms with E-state index in [2.05, 4.69) is 22.4 Å². The van der Waals surface area contributed by atoms with Crippen LogP contribution >= 0.6 is 0 Å². The minimum absolute atomic E-state index is 0.0367. The van der Waals surface area contributed by atoms with Crippen molar-refractivity contribution in [2.24, 2.45) is 5.92 Å². The van der Waals surface area contributed by atoms with Gasteiger partial charge < -0.3 is 15.2 Å². The number of aromatic amines is 1. The summed E-state index contributed by atoms with van der Waals surface area (Å²) in [5.74, 6) is 0.806. The standard InChI is InChI=1S/C23H26N4O2/c1-16(28)27-13-11-18(12-14-27)23(29)26-21(15-17-7-3-2-4-8-17)22-24-19-9-5-6-10-20(19)25-22/h2-10,18,21H,11-15H2,1H3,(H,24,25)(H,26,29)/t21-/m0/s1. The fourth-order valence-corrected chi connectivity index (χ4v) is 3.95. The largest absolute Gasteiger partial charge is 0.346 e. The van der Waals surface area contributed by atoms with Crippen LogP contribution in [0.4, 0.5) is 0 Å². The fourth-order valence-electron chi connectivity index (χ4n) is 3.95. The molecule has 2 heterocycles. The quantitative estimate of drug-likeness (QED) is 0.702. The van der Waals surface area contributed by atoms with Crippen LogP contribution in [0.15, 0.2) is 54.6 Å². The van der Waals surface area contributed by atoms with Gasteiger partial charge in [-0.15, -0.1) is 0 Å². The molecule has 1 aliphatic rings. The second-order valence-electron chi connectivity index (χ2n) is 7.67. The second-order valence-corrected chi connectivity index (χ2v) is 7.67. The second kappa shape index (κ2) is 8.47. The van der Waals surface area contributed by atoms with Gasteiger partial charge in [0.2, 0.25) is 11.8 Å². The lowest BCUT2D eigenvalue weighted by atomic mass is 9.95. The first-order valence-electron chi connectivity index (χ1n) is 10.1. The Morgan fingerprint density at radius 3 is 2.48 bits per heavy atom. The number of nitrogens with one attached hydrogen (secondary N) is 2. The highest BCUT2D eigenvalue weighted by molar-refractivity contribution is 5.80. The highest BCUT2D eigenvalue weighted by atomic mass is 16.2. The molecule has 1 atom stereocenters. The van der Waals surface area contributed by atoms with Crippen molar-refractivity contribution in [1.82, 2.24) is 20.2 Å². The molecule has 0 unspecified atom stereocenters. The van der Waals surface area contributed by atoms with E-state index < -0.39 is 0 Å². The van der Waals surface area contributed by atoms with Gasteiger partial charge in [-0.3, -0.25) is 9.59 Å². The molecule has 0 bridgehead atoms. The lowest BCUT2D eigenvalue weighted by Gasteiger charge is -2.31. The van der Waals surface area contributed by atoms with Crippen molar-refractivity contribution in [3.63, 3.8) is 0 Å². The van der Waals surface area contributed by atoms with Gasteiger partial charge in [0.05, 0.1) is 17.1 Å². The Bertz CT molecular complexity index is 957. The lowest BCUT2D eigenvalue weighted by Crippen LogP contribution is -2.43. The number of benzene rings is 2. The zero-order valence-corrected chi connectivity index (χ0v) is 16.6. The maximum absolute atomic E-state index is 13.0. The van der Waals surface area contributed by atoms with E-state index in [1.165, 1.54) is 0 Å². The van der Waals surface area contributed by atoms with Crippen LogP contribution in [0.2, 0.25) is 0 Å². The Balaban J connectivity index is 1.52. The maximum atomic E-state index is 13.0. The smallest absolute Gasteiger partial charge is 0.223 e. The summed E-state index contributed by atoms with van der Waals surface area (Å²) < 4.78 is 0. The molecule has 2 amide bonds. The average molecular weight is 390 g/mol. The molecule has 1 fully saturated rings. The van der Waals surface area contributed by atoms with Crippen molar-refractivity contribution in [3.05, 3.63) is 66.0 Å². The summed E-state index contributed by atoms with van der Waals surface area (Å²) in [4.78, 5) is 34.4. The number of amides is 2. The first kappa shape index (κ1) is 19.2. The Morgan fingerprint density at radius 2 is 1.79 bits per heavy atom. The van der Waals surface area contributed by atoms with Gasteiger partial charge in [-0.1, -0.05) is 42.5 Å². The van der Waals surface area contributed by atoms with E-state index in [4.69, 9.17) is 4.98 Å². The summed E-state index contributed by atoms with van der Waals surface area (Å²) in [7, 11) is 0. The third-order valence-corrected chi connectivity index (χ3v) is 5.65. The van der Waals surface area contributed by atoms with Crippen LogP contribution in [0.3, 0.4) is 0 Å². The number of hydrogen-bond acceptors (Lipinski definition) is 3. The maximum Gasteiger partial charge on any atom is 0.223 e. The van der Waals surface area contributed by atoms with Gasteiger partial charge >= 0.3 is 0 Å². The molecule has 29 heavy (non-hydrogen) atoms. The van der Waals surface area contributed by atoms with E-state index in [0.29, 0.717) is 32.4 Å². The summed E-state index contributed by atoms with van der Waals surface area (Å²) in [6.45, 7) is 2.86. The summed E-state index contributed by atoms with van der Waals surface area (Å²) in [5, 5.41) is 3.22. The minimum atomic E-state index is -0.233. The number of carbonyl (C=O) groups is 2. The normalized spacial score (nSPS) is 16.0. The predicted octanol–water partition coefficient (Wildman–Crippen LogP) is 3.22. The van der Waals surface area contributed by atoms with Crippen LogP contribution < -0.4 is 5.32 Å². The molecule has 1 aliphatic heterocycles. The number of carbonyl (C=O) groups excluding carboxylic acids is 2. The minimum Gasteiger partial charge on any atom is -0.346 e. The Hall–Kier alpha value is -3.15. The molecule has 150 valence electrons. The van der Waals surface area contributed by atoms with Crippen molar-refractivity contribution in [1.29, 1.82) is 0 Å². The first-order chi connectivity index (χ1) is 14.1. The van der Waals surface area contributed by atoms with Crippen LogP contribution in [0.25, 0.3) is 11.0 Å². The lowest BCUT2D eigenvalue weighted by molar-refractivity contribution is -0.134. The first-order valence-corrected chi connectivity index (χ1v) is 10.1. The van der Waals surface area contributed by atoms with E-state index in [-0.39, 0.29) is 23.8 Å². The summed E-state index contributed by atoms with van der Waals surface area (Å²) in [5.41, 5.74) is 3.00. The van der Waals surface area contributed by atoms with Gasteiger partial charge in [-0.2, -0.15) is 0 Å². The SMILES string of the molecule is CC(=O)N1CCC(C(=O)N[C@@H](Cc2ccccc2)c2nc3ccccc3[nH]2)CC1. The summed E-state index contributed by atoms with van der Waals surface area (Å²) in [6, 6.07) is 17.8. The molecule has 2 N–H and O–H groups in total. The van der Waals surface area contributed by atoms with Crippen molar-refractivity contribution >= 4 is 22.8 Å². The molecule has 1 saturated heterocycles. The average Bonchev–Trinajstić information content (AvgIpc) is 3.18. The molecule has 4 rings (SSSR count). The molecule has 0 aliphatic carbocycles. The van der Waals surface area contributed by atoms with Gasteiger partial charge in [0.15, 0.2) is 0 Å². The molecule has 0 radical (unpaired) electrons. The monoisotopic (exact) mass is 390 g/mol. The summed E-state index contributed by atoms with van der Waals surface area (Å²) in [6.07, 6.45) is 2.06. The van der Waals surface area contributed by atoms with Crippen LogP contribution in [-0.4, -0.2) is 39.8 Å². The van der Waals surface area contributed by atoms with Crippen LogP contribution in [0.1, 0.15) is 37.2 Å². The van der Waals surface area contributed by atoms with Gasteiger partial charge in [0.1, 0.15) is 5.82 Å². The third kappa shape index (κ3) is 4.47. The zero-order chi connectivity index (χ0) is 20.2. The number of likely N-dealkylation sites (tertiary alicyclic amines) is 1. The topological polar surface area (TPSA) is 78.1 Å². The van der Waals surface area contributed by atoms with Gasteiger partial charge in [0.25, 0.3) is 0 Å². The van der Waals surface area contributed by atoms with Crippen molar-refractivity contribution < 1.29 is 9.59 Å². The predicted molar refractivity (Wildman–Crippen MR) is 112 cm³/mol. The Labute approximate surface area is 170 Å². The summed E-state index contributed by atoms with van der Waals surface area (Å²) >= 11 is 0. The molecule has 3 aromatic rings. The molecule has 0 saturated carbocycles. The molecular weight excluding hydrogens is 364 g/mol. The molecular formula is C23H26N4O2. The van der Waals surface area contributed by atoms with E-state index in [0.717, 1.165) is 22.4 Å². The van der Waals surface area contributed by atoms with Crippen molar-refractivity contribution in [2.75, 3.05) is 13.1 Å². The molecule has 0 spiro atoms. The van der Waals surface area contributed by atoms with E-state index in [1.54, 1.807) is 6.92 Å². The van der Waals surface area contributed by atoms with E-state index >= 15 is 0 Å². The van der Waals surface area contributed by atoms with E-state index in [9.17, 15) is 9.59 Å². The van der Waals surface area contributed by atoms with Crippen LogP contribution in [-0.2, 0) is 16.0 Å². The zero-order valence-electron chi connectivity index (χ0n) is 16.6. The van der Waals surface area contributed by atoms with Gasteiger partial charge in [0, 0.05) is 25.9 Å². The van der Waals surface area contributed by atoms with Crippen LogP contribution in [0, 0.1) is 5.92 Å². The van der Waals surface area contributed by atoms with Crippen LogP contribution in [0.5, 0.6) is 0 Å². The number of aromatic nitrogens is 2. The number of nitrogens with zero attached hydrogens (tertiary/aromatic N) is 2. The number of hydrogen-bond donors (Lipinski definition) is 2. The number of fused-ring (bicyclic) bond motifs is 1. The van der Waals surface area contributed by atoms with Crippen molar-refractivity contribution in [2.45, 2.75) is 32.2 Å². The molecule has 2 aromatic carbocycles. The number of piperidine rings is 1. The number of imidazole rings is 1. The molecule has 1 aromatic heterocycles. The Kier molecular flexibility index (Phi) is 5.60. The molecule has 6 heteroatoms. The van der Waals surface area contributed by atoms with Gasteiger partial charge in [-0.25, -0.2) is 4.98 Å². The number of rotatable bonds is 5. The van der Waals surface area contributed by atoms with Gasteiger partial charge in [-0.05, 0) is 37.0 Å². The highest BCUT2D eigenvalue weighted by Gasteiger charge is 2.28. The third-order valence-electron chi connectivity index (χ3n) is 5.65. The Morgan fingerprint density at radius 1 is 1.10 bits per heavy atom. The van der Waals surface area contributed by atoms with Crippen molar-refractivity contribution in [3.8, 4) is 0 Å². The number of H-pyrrole nitrogens is 1. The van der Waals surface area contributed by atoms with E-state index in [1.807, 2.05) is 47.4 Å².